The van der Waals surface area contributed by atoms with E-state index in [1.54, 1.807) is 0 Å². The molecule has 2 N–H and O–H groups in total. The molecule has 4 nitrogen and oxygen atoms in total. The van der Waals surface area contributed by atoms with Gasteiger partial charge in [-0.3, -0.25) is 9.59 Å². The smallest absolute Gasteiger partial charge is 0.368 e. The Hall–Kier alpha value is -1.27. The normalized spacial score (nSPS) is 17.4. The second kappa shape index (κ2) is 4.71. The molecular weight excluding hydrogens is 225 g/mol. The summed E-state index contributed by atoms with van der Waals surface area (Å²) >= 11 is 0. The third kappa shape index (κ3) is 3.11. The van der Waals surface area contributed by atoms with Gasteiger partial charge in [-0.2, -0.15) is 13.2 Å². The van der Waals surface area contributed by atoms with Crippen molar-refractivity contribution in [3.63, 3.8) is 0 Å². The van der Waals surface area contributed by atoms with Crippen molar-refractivity contribution >= 4 is 11.8 Å². The van der Waals surface area contributed by atoms with Crippen molar-refractivity contribution in [3.8, 4) is 0 Å². The Balaban J connectivity index is 2.77. The monoisotopic (exact) mass is 238 g/mol. The number of carbonyl (C=O) groups is 2. The minimum atomic E-state index is -4.95. The number of halogens is 3. The van der Waals surface area contributed by atoms with Gasteiger partial charge < -0.3 is 10.6 Å². The van der Waals surface area contributed by atoms with Crippen LogP contribution in [0.3, 0.4) is 0 Å². The number of rotatable bonds is 3. The molecule has 0 aromatic rings. The molecule has 1 rings (SSSR count). The van der Waals surface area contributed by atoms with Gasteiger partial charge in [-0.25, -0.2) is 0 Å². The van der Waals surface area contributed by atoms with Gasteiger partial charge in [-0.1, -0.05) is 12.8 Å². The maximum Gasteiger partial charge on any atom is 0.471 e. The van der Waals surface area contributed by atoms with Crippen LogP contribution in [0.5, 0.6) is 0 Å². The summed E-state index contributed by atoms with van der Waals surface area (Å²) in [7, 11) is 0. The first-order valence-electron chi connectivity index (χ1n) is 4.98. The summed E-state index contributed by atoms with van der Waals surface area (Å²) in [5.41, 5.74) is 4.84. The SMILES string of the molecule is NC(=O)CN(C(=O)C(F)(F)F)C1CCCC1. The third-order valence-corrected chi connectivity index (χ3v) is 2.60. The number of hydrogen-bond acceptors (Lipinski definition) is 2. The highest BCUT2D eigenvalue weighted by molar-refractivity contribution is 5.87. The van der Waals surface area contributed by atoms with Gasteiger partial charge in [0.1, 0.15) is 0 Å². The summed E-state index contributed by atoms with van der Waals surface area (Å²) in [4.78, 5) is 22.3. The van der Waals surface area contributed by atoms with Crippen LogP contribution < -0.4 is 5.73 Å². The van der Waals surface area contributed by atoms with Crippen LogP contribution in [0.2, 0.25) is 0 Å². The van der Waals surface area contributed by atoms with Gasteiger partial charge in [0.15, 0.2) is 0 Å². The minimum Gasteiger partial charge on any atom is -0.368 e. The van der Waals surface area contributed by atoms with Gasteiger partial charge in [-0.05, 0) is 12.8 Å². The van der Waals surface area contributed by atoms with Crippen LogP contribution in [0.15, 0.2) is 0 Å². The molecule has 2 amide bonds. The quantitative estimate of drug-likeness (QED) is 0.790. The van der Waals surface area contributed by atoms with Crippen molar-refractivity contribution in [2.24, 2.45) is 5.73 Å². The zero-order valence-electron chi connectivity index (χ0n) is 8.59. The Bertz CT molecular complexity index is 285. The largest absolute Gasteiger partial charge is 0.471 e. The molecule has 16 heavy (non-hydrogen) atoms. The van der Waals surface area contributed by atoms with Crippen molar-refractivity contribution in [2.45, 2.75) is 37.9 Å². The minimum absolute atomic E-state index is 0.495. The Labute approximate surface area is 90.6 Å². The molecule has 0 atom stereocenters. The molecule has 1 fully saturated rings. The van der Waals surface area contributed by atoms with E-state index >= 15 is 0 Å². The van der Waals surface area contributed by atoms with Crippen LogP contribution in [0, 0.1) is 0 Å². The first-order valence-corrected chi connectivity index (χ1v) is 4.98. The molecule has 0 saturated heterocycles. The summed E-state index contributed by atoms with van der Waals surface area (Å²) in [5.74, 6) is -2.90. The molecule has 92 valence electrons. The van der Waals surface area contributed by atoms with Crippen molar-refractivity contribution in [1.29, 1.82) is 0 Å². The summed E-state index contributed by atoms with van der Waals surface area (Å²) < 4.78 is 36.8. The van der Waals surface area contributed by atoms with Crippen LogP contribution in [0.4, 0.5) is 13.2 Å². The van der Waals surface area contributed by atoms with E-state index in [1.165, 1.54) is 0 Å². The average molecular weight is 238 g/mol. The fraction of sp³-hybridized carbons (Fsp3) is 0.778. The molecule has 7 heteroatoms. The predicted octanol–water partition coefficient (Wildman–Crippen LogP) is 0.805. The number of alkyl halides is 3. The van der Waals surface area contributed by atoms with Crippen LogP contribution >= 0.6 is 0 Å². The number of amides is 2. The molecule has 0 radical (unpaired) electrons. The van der Waals surface area contributed by atoms with Crippen molar-refractivity contribution < 1.29 is 22.8 Å². The second-order valence-corrected chi connectivity index (χ2v) is 3.84. The number of primary amides is 1. The second-order valence-electron chi connectivity index (χ2n) is 3.84. The lowest BCUT2D eigenvalue weighted by atomic mass is 10.2. The lowest BCUT2D eigenvalue weighted by Crippen LogP contribution is -2.49. The number of nitrogens with two attached hydrogens (primary N) is 1. The molecule has 0 aromatic heterocycles. The van der Waals surface area contributed by atoms with Gasteiger partial charge in [0.05, 0.1) is 6.54 Å². The van der Waals surface area contributed by atoms with E-state index < -0.39 is 30.6 Å². The predicted molar refractivity (Wildman–Crippen MR) is 49.2 cm³/mol. The van der Waals surface area contributed by atoms with Crippen LogP contribution in [-0.2, 0) is 9.59 Å². The highest BCUT2D eigenvalue weighted by Gasteiger charge is 2.45. The molecule has 0 heterocycles. The highest BCUT2D eigenvalue weighted by atomic mass is 19.4. The van der Waals surface area contributed by atoms with E-state index in [9.17, 15) is 22.8 Å². The zero-order valence-corrected chi connectivity index (χ0v) is 8.59. The number of carbonyl (C=O) groups excluding carboxylic acids is 2. The van der Waals surface area contributed by atoms with Crippen molar-refractivity contribution in [2.75, 3.05) is 6.54 Å². The molecule has 0 unspecified atom stereocenters. The van der Waals surface area contributed by atoms with Crippen molar-refractivity contribution in [3.05, 3.63) is 0 Å². The molecule has 0 aliphatic heterocycles. The van der Waals surface area contributed by atoms with Crippen LogP contribution in [0.1, 0.15) is 25.7 Å². The Kier molecular flexibility index (Phi) is 3.77. The molecule has 0 spiro atoms. The van der Waals surface area contributed by atoms with E-state index in [0.717, 1.165) is 12.8 Å². The molecule has 0 aromatic carbocycles. The van der Waals surface area contributed by atoms with E-state index in [0.29, 0.717) is 17.7 Å². The Morgan fingerprint density at radius 2 is 1.75 bits per heavy atom. The number of hydrogen-bond donors (Lipinski definition) is 1. The third-order valence-electron chi connectivity index (χ3n) is 2.60. The van der Waals surface area contributed by atoms with Gasteiger partial charge in [-0.15, -0.1) is 0 Å². The molecule has 1 aliphatic carbocycles. The van der Waals surface area contributed by atoms with Crippen LogP contribution in [-0.4, -0.2) is 35.5 Å². The highest BCUT2D eigenvalue weighted by Crippen LogP contribution is 2.27. The topological polar surface area (TPSA) is 63.4 Å². The van der Waals surface area contributed by atoms with E-state index in [2.05, 4.69) is 0 Å². The summed E-state index contributed by atoms with van der Waals surface area (Å²) in [5, 5.41) is 0. The fourth-order valence-electron chi connectivity index (χ4n) is 1.91. The fourth-order valence-corrected chi connectivity index (χ4v) is 1.91. The average Bonchev–Trinajstić information content (AvgIpc) is 2.63. The molecular formula is C9H13F3N2O2. The summed E-state index contributed by atoms with van der Waals surface area (Å²) in [6, 6.07) is -0.512. The lowest BCUT2D eigenvalue weighted by molar-refractivity contribution is -0.188. The first kappa shape index (κ1) is 12.8. The van der Waals surface area contributed by atoms with Gasteiger partial charge in [0, 0.05) is 6.04 Å². The summed E-state index contributed by atoms with van der Waals surface area (Å²) in [6.45, 7) is -0.664. The number of nitrogens with zero attached hydrogens (tertiary/aromatic N) is 1. The van der Waals surface area contributed by atoms with E-state index in [1.807, 2.05) is 0 Å². The maximum atomic E-state index is 12.3. The standard InChI is InChI=1S/C9H13F3N2O2/c10-9(11,12)8(16)14(5-7(13)15)6-3-1-2-4-6/h6H,1-5H2,(H2,13,15). The Morgan fingerprint density at radius 1 is 1.25 bits per heavy atom. The maximum absolute atomic E-state index is 12.3. The lowest BCUT2D eigenvalue weighted by Gasteiger charge is -2.28. The molecule has 1 aliphatic rings. The Morgan fingerprint density at radius 3 is 2.12 bits per heavy atom. The van der Waals surface area contributed by atoms with Gasteiger partial charge in [0.25, 0.3) is 0 Å². The zero-order chi connectivity index (χ0) is 12.3. The first-order chi connectivity index (χ1) is 7.32. The van der Waals surface area contributed by atoms with Gasteiger partial charge in [0.2, 0.25) is 5.91 Å². The van der Waals surface area contributed by atoms with Crippen molar-refractivity contribution in [1.82, 2.24) is 4.90 Å². The van der Waals surface area contributed by atoms with E-state index in [-0.39, 0.29) is 0 Å². The molecule has 0 bridgehead atoms. The molecule has 1 saturated carbocycles. The van der Waals surface area contributed by atoms with E-state index in [4.69, 9.17) is 5.73 Å². The summed E-state index contributed by atoms with van der Waals surface area (Å²) in [6.07, 6.45) is -2.42. The van der Waals surface area contributed by atoms with Crippen LogP contribution in [0.25, 0.3) is 0 Å². The van der Waals surface area contributed by atoms with Gasteiger partial charge >= 0.3 is 12.1 Å².